The van der Waals surface area contributed by atoms with E-state index in [0.29, 0.717) is 12.8 Å². The van der Waals surface area contributed by atoms with Crippen molar-refractivity contribution in [3.8, 4) is 0 Å². The molecule has 0 fully saturated rings. The lowest BCUT2D eigenvalue weighted by molar-refractivity contribution is -0.167. The third kappa shape index (κ3) is 48.1. The summed E-state index contributed by atoms with van der Waals surface area (Å²) in [5.41, 5.74) is 0. The number of unbranched alkanes of at least 4 members (excludes halogenated alkanes) is 14. The lowest BCUT2D eigenvalue weighted by atomic mass is 10.1. The number of hydrogen-bond acceptors (Lipinski definition) is 6. The highest BCUT2D eigenvalue weighted by Crippen LogP contribution is 2.13. The molecule has 0 saturated carbocycles. The first-order valence-corrected chi connectivity index (χ1v) is 24.7. The SMILES string of the molecule is CC/C=C/C=C/C=C/C=C/C=C/CCCC(=O)OCC(COC(=O)CCCCCCC/C=C/C=C/C=C/C=C/C=C/CCC)OC(=O)CCCCCCCCC/C=C/C=C/C=C/CC. The fraction of sp³-hybridized carbons (Fsp3) is 0.500. The minimum absolute atomic E-state index is 0.127. The summed E-state index contributed by atoms with van der Waals surface area (Å²) in [5, 5.41) is 0. The van der Waals surface area contributed by atoms with Crippen LogP contribution in [0.25, 0.3) is 0 Å². The molecule has 0 heterocycles. The summed E-state index contributed by atoms with van der Waals surface area (Å²) in [6.45, 7) is 6.14. The molecule has 0 bridgehead atoms. The predicted octanol–water partition coefficient (Wildman–Crippen LogP) is 16.2. The van der Waals surface area contributed by atoms with E-state index in [1.165, 1.54) is 25.7 Å². The number of esters is 3. The van der Waals surface area contributed by atoms with Crippen LogP contribution in [0.5, 0.6) is 0 Å². The van der Waals surface area contributed by atoms with Gasteiger partial charge in [0, 0.05) is 19.3 Å². The molecule has 1 atom stereocenters. The van der Waals surface area contributed by atoms with E-state index in [0.717, 1.165) is 96.3 Å². The molecule has 6 nitrogen and oxygen atoms in total. The lowest BCUT2D eigenvalue weighted by Gasteiger charge is -2.18. The molecule has 0 saturated heterocycles. The minimum Gasteiger partial charge on any atom is -0.462 e. The molecule has 6 heteroatoms. The van der Waals surface area contributed by atoms with Crippen molar-refractivity contribution in [2.24, 2.45) is 0 Å². The van der Waals surface area contributed by atoms with Crippen molar-refractivity contribution in [3.05, 3.63) is 158 Å². The summed E-state index contributed by atoms with van der Waals surface area (Å²) in [6.07, 6.45) is 73.7. The average Bonchev–Trinajstić information content (AvgIpc) is 3.29. The maximum Gasteiger partial charge on any atom is 0.306 e. The van der Waals surface area contributed by atoms with Gasteiger partial charge in [-0.1, -0.05) is 237 Å². The number of carbonyl (C=O) groups is 3. The Labute approximate surface area is 390 Å². The Balaban J connectivity index is 4.59. The molecule has 1 unspecified atom stereocenters. The fourth-order valence-corrected chi connectivity index (χ4v) is 5.91. The van der Waals surface area contributed by atoms with Crippen molar-refractivity contribution in [3.63, 3.8) is 0 Å². The second kappa shape index (κ2) is 50.7. The Kier molecular flexibility index (Phi) is 46.7. The van der Waals surface area contributed by atoms with Gasteiger partial charge in [0.1, 0.15) is 13.2 Å². The standard InChI is InChI=1S/C58H86O6/c1-4-7-10-13-16-19-22-25-27-28-29-31-33-36-39-42-45-48-51-57(60)63-54-55(53-62-56(59)50-47-44-41-38-35-32-24-21-18-15-12-9-6-3)64-58(61)52-49-46-43-40-37-34-30-26-23-20-17-14-11-8-5-2/h8-25,27-29,31-32,35,38,41,55H,4-7,26,30,33-34,36-37,39-40,42-54H2,1-3H3/b11-8+,12-9+,13-10+,17-14+,18-15+,19-16+,23-20+,24-21+,25-22+,28-27+,31-29+,35-32+,41-38+. The van der Waals surface area contributed by atoms with Crippen LogP contribution in [0.2, 0.25) is 0 Å². The van der Waals surface area contributed by atoms with Crippen LogP contribution in [0, 0.1) is 0 Å². The van der Waals surface area contributed by atoms with Gasteiger partial charge in [-0.2, -0.15) is 0 Å². The average molecular weight is 879 g/mol. The van der Waals surface area contributed by atoms with Crippen molar-refractivity contribution in [2.75, 3.05) is 13.2 Å². The van der Waals surface area contributed by atoms with Crippen molar-refractivity contribution in [1.29, 1.82) is 0 Å². The summed E-state index contributed by atoms with van der Waals surface area (Å²) in [6, 6.07) is 0. The largest absolute Gasteiger partial charge is 0.462 e. The van der Waals surface area contributed by atoms with Gasteiger partial charge in [-0.05, 0) is 70.6 Å². The molecule has 0 spiro atoms. The van der Waals surface area contributed by atoms with E-state index < -0.39 is 6.10 Å². The quantitative estimate of drug-likeness (QED) is 0.0263. The molecule has 64 heavy (non-hydrogen) atoms. The van der Waals surface area contributed by atoms with Crippen LogP contribution >= 0.6 is 0 Å². The molecule has 0 aliphatic carbocycles. The smallest absolute Gasteiger partial charge is 0.306 e. The fourth-order valence-electron chi connectivity index (χ4n) is 5.91. The molecular weight excluding hydrogens is 793 g/mol. The van der Waals surface area contributed by atoms with Gasteiger partial charge >= 0.3 is 17.9 Å². The van der Waals surface area contributed by atoms with Crippen LogP contribution < -0.4 is 0 Å². The summed E-state index contributed by atoms with van der Waals surface area (Å²) < 4.78 is 16.7. The van der Waals surface area contributed by atoms with Crippen LogP contribution in [-0.4, -0.2) is 37.2 Å². The molecule has 354 valence electrons. The zero-order valence-corrected chi connectivity index (χ0v) is 40.2. The Morgan fingerprint density at radius 3 is 1.02 bits per heavy atom. The van der Waals surface area contributed by atoms with Gasteiger partial charge in [0.15, 0.2) is 6.10 Å². The van der Waals surface area contributed by atoms with E-state index >= 15 is 0 Å². The molecule has 0 aliphatic heterocycles. The van der Waals surface area contributed by atoms with Gasteiger partial charge < -0.3 is 14.2 Å². The monoisotopic (exact) mass is 879 g/mol. The van der Waals surface area contributed by atoms with Crippen molar-refractivity contribution >= 4 is 17.9 Å². The zero-order valence-electron chi connectivity index (χ0n) is 40.2. The van der Waals surface area contributed by atoms with Gasteiger partial charge in [0.25, 0.3) is 0 Å². The lowest BCUT2D eigenvalue weighted by Crippen LogP contribution is -2.30. The molecule has 0 N–H and O–H groups in total. The minimum atomic E-state index is -0.832. The topological polar surface area (TPSA) is 78.9 Å². The van der Waals surface area contributed by atoms with Crippen LogP contribution in [-0.2, 0) is 28.6 Å². The zero-order chi connectivity index (χ0) is 46.5. The van der Waals surface area contributed by atoms with Crippen LogP contribution in [0.1, 0.15) is 168 Å². The van der Waals surface area contributed by atoms with Gasteiger partial charge in [-0.3, -0.25) is 14.4 Å². The molecular formula is C58H86O6. The Morgan fingerprint density at radius 2 is 0.625 bits per heavy atom. The van der Waals surface area contributed by atoms with Crippen LogP contribution in [0.15, 0.2) is 158 Å². The highest BCUT2D eigenvalue weighted by atomic mass is 16.6. The molecule has 0 rings (SSSR count). The summed E-state index contributed by atoms with van der Waals surface area (Å²) in [4.78, 5) is 37.9. The number of rotatable bonds is 41. The second-order valence-electron chi connectivity index (χ2n) is 15.6. The van der Waals surface area contributed by atoms with E-state index in [2.05, 4.69) is 87.6 Å². The van der Waals surface area contributed by atoms with E-state index in [9.17, 15) is 14.4 Å². The van der Waals surface area contributed by atoms with Crippen molar-refractivity contribution in [1.82, 2.24) is 0 Å². The second-order valence-corrected chi connectivity index (χ2v) is 15.6. The molecule has 0 aromatic carbocycles. The molecule has 0 aromatic heterocycles. The van der Waals surface area contributed by atoms with Crippen LogP contribution in [0.3, 0.4) is 0 Å². The highest BCUT2D eigenvalue weighted by Gasteiger charge is 2.19. The maximum atomic E-state index is 12.8. The molecule has 0 amide bonds. The van der Waals surface area contributed by atoms with Gasteiger partial charge in [0.05, 0.1) is 0 Å². The van der Waals surface area contributed by atoms with E-state index in [-0.39, 0.29) is 44.0 Å². The number of carbonyl (C=O) groups excluding carboxylic acids is 3. The van der Waals surface area contributed by atoms with Gasteiger partial charge in [-0.25, -0.2) is 0 Å². The highest BCUT2D eigenvalue weighted by molar-refractivity contribution is 5.71. The van der Waals surface area contributed by atoms with E-state index in [1.807, 2.05) is 91.1 Å². The molecule has 0 aliphatic rings. The third-order valence-electron chi connectivity index (χ3n) is 9.55. The number of hydrogen-bond donors (Lipinski definition) is 0. The van der Waals surface area contributed by atoms with E-state index in [1.54, 1.807) is 0 Å². The number of allylic oxidation sites excluding steroid dienone is 26. The molecule has 0 radical (unpaired) electrons. The van der Waals surface area contributed by atoms with Gasteiger partial charge in [-0.15, -0.1) is 0 Å². The molecule has 0 aromatic rings. The Bertz CT molecular complexity index is 1520. The first-order chi connectivity index (χ1) is 31.5. The first kappa shape index (κ1) is 59.0. The number of ether oxygens (including phenoxy) is 3. The Morgan fingerprint density at radius 1 is 0.328 bits per heavy atom. The summed E-state index contributed by atoms with van der Waals surface area (Å²) in [7, 11) is 0. The van der Waals surface area contributed by atoms with Crippen LogP contribution in [0.4, 0.5) is 0 Å². The predicted molar refractivity (Wildman–Crippen MR) is 274 cm³/mol. The van der Waals surface area contributed by atoms with Gasteiger partial charge in [0.2, 0.25) is 0 Å². The summed E-state index contributed by atoms with van der Waals surface area (Å²) >= 11 is 0. The third-order valence-corrected chi connectivity index (χ3v) is 9.55. The Hall–Kier alpha value is -4.97. The maximum absolute atomic E-state index is 12.8. The van der Waals surface area contributed by atoms with Crippen molar-refractivity contribution < 1.29 is 28.6 Å². The first-order valence-electron chi connectivity index (χ1n) is 24.7. The van der Waals surface area contributed by atoms with E-state index in [4.69, 9.17) is 14.2 Å². The summed E-state index contributed by atoms with van der Waals surface area (Å²) in [5.74, 6) is -1.05. The van der Waals surface area contributed by atoms with Crippen molar-refractivity contribution in [2.45, 2.75) is 175 Å². The normalized spacial score (nSPS) is 13.5.